The summed E-state index contributed by atoms with van der Waals surface area (Å²) < 4.78 is 94.9. The molecule has 0 amide bonds. The molecule has 32 heavy (non-hydrogen) atoms. The van der Waals surface area contributed by atoms with Gasteiger partial charge in [-0.2, -0.15) is 13.2 Å². The molecule has 0 saturated heterocycles. The maximum atomic E-state index is 14.5. The van der Waals surface area contributed by atoms with E-state index in [1.807, 2.05) is 0 Å². The van der Waals surface area contributed by atoms with Crippen molar-refractivity contribution in [3.63, 3.8) is 0 Å². The summed E-state index contributed by atoms with van der Waals surface area (Å²) in [6, 6.07) is 1.87. The molecule has 0 saturated carbocycles. The van der Waals surface area contributed by atoms with Crippen molar-refractivity contribution < 1.29 is 50.1 Å². The number of alkyl halides is 3. The molecule has 0 spiro atoms. The van der Waals surface area contributed by atoms with Crippen LogP contribution in [0.4, 0.5) is 32.0 Å². The fraction of sp³-hybridized carbons (Fsp3) is 0.158. The summed E-state index contributed by atoms with van der Waals surface area (Å²) in [6.45, 7) is 0. The maximum Gasteiger partial charge on any atom is 0.416 e. The zero-order valence-electron chi connectivity index (χ0n) is 16.1. The SMILES string of the molecule is COC(=O)/C=C(/Nc1cc(Br)cc(F)c1Oc1c(F)cc(C(F)(F)F)cc1F)C(=O)OC. The first-order valence-corrected chi connectivity index (χ1v) is 9.04. The van der Waals surface area contributed by atoms with Gasteiger partial charge in [-0.25, -0.2) is 22.8 Å². The second-order valence-electron chi connectivity index (χ2n) is 5.83. The van der Waals surface area contributed by atoms with Crippen LogP contribution in [-0.4, -0.2) is 26.2 Å². The minimum absolute atomic E-state index is 0.0285. The van der Waals surface area contributed by atoms with E-state index in [9.17, 15) is 35.9 Å². The van der Waals surface area contributed by atoms with Gasteiger partial charge in [-0.05, 0) is 24.3 Å². The van der Waals surface area contributed by atoms with Crippen molar-refractivity contribution in [1.82, 2.24) is 0 Å². The third-order valence-electron chi connectivity index (χ3n) is 3.68. The number of rotatable bonds is 6. The van der Waals surface area contributed by atoms with Gasteiger partial charge in [0, 0.05) is 4.47 Å². The number of anilines is 1. The molecule has 0 atom stereocenters. The van der Waals surface area contributed by atoms with E-state index in [1.165, 1.54) is 0 Å². The topological polar surface area (TPSA) is 73.9 Å². The molecule has 0 heterocycles. The van der Waals surface area contributed by atoms with Gasteiger partial charge in [-0.15, -0.1) is 0 Å². The van der Waals surface area contributed by atoms with Crippen LogP contribution in [0, 0.1) is 17.5 Å². The Morgan fingerprint density at radius 1 is 0.938 bits per heavy atom. The van der Waals surface area contributed by atoms with Gasteiger partial charge in [-0.1, -0.05) is 15.9 Å². The molecule has 0 aliphatic heterocycles. The van der Waals surface area contributed by atoms with Crippen LogP contribution in [0.1, 0.15) is 5.56 Å². The Morgan fingerprint density at radius 3 is 2.00 bits per heavy atom. The van der Waals surface area contributed by atoms with Crippen molar-refractivity contribution in [2.75, 3.05) is 19.5 Å². The molecule has 0 radical (unpaired) electrons. The number of benzene rings is 2. The normalized spacial score (nSPS) is 11.7. The summed E-state index contributed by atoms with van der Waals surface area (Å²) >= 11 is 2.97. The molecule has 0 fully saturated rings. The van der Waals surface area contributed by atoms with E-state index in [2.05, 4.69) is 30.7 Å². The average Bonchev–Trinajstić information content (AvgIpc) is 2.69. The van der Waals surface area contributed by atoms with Crippen molar-refractivity contribution in [1.29, 1.82) is 0 Å². The summed E-state index contributed by atoms with van der Waals surface area (Å²) in [5.74, 6) is -9.08. The second-order valence-corrected chi connectivity index (χ2v) is 6.75. The first kappa shape index (κ1) is 25.0. The lowest BCUT2D eigenvalue weighted by atomic mass is 10.2. The van der Waals surface area contributed by atoms with E-state index in [4.69, 9.17) is 4.74 Å². The number of esters is 2. The Kier molecular flexibility index (Phi) is 7.78. The Bertz CT molecular complexity index is 1060. The van der Waals surface area contributed by atoms with Crippen molar-refractivity contribution in [2.24, 2.45) is 0 Å². The molecule has 0 aliphatic carbocycles. The third-order valence-corrected chi connectivity index (χ3v) is 4.13. The number of nitrogens with one attached hydrogen (secondary N) is 1. The highest BCUT2D eigenvalue weighted by atomic mass is 79.9. The smallest absolute Gasteiger partial charge is 0.416 e. The molecule has 0 aromatic heterocycles. The van der Waals surface area contributed by atoms with Gasteiger partial charge in [0.1, 0.15) is 5.70 Å². The summed E-state index contributed by atoms with van der Waals surface area (Å²) in [5.41, 5.74) is -2.63. The molecule has 0 aliphatic rings. The van der Waals surface area contributed by atoms with E-state index in [0.29, 0.717) is 6.08 Å². The van der Waals surface area contributed by atoms with Gasteiger partial charge in [-0.3, -0.25) is 0 Å². The van der Waals surface area contributed by atoms with E-state index in [0.717, 1.165) is 26.4 Å². The minimum Gasteiger partial charge on any atom is -0.466 e. The molecule has 1 N–H and O–H groups in total. The van der Waals surface area contributed by atoms with Crippen LogP contribution >= 0.6 is 15.9 Å². The molecule has 6 nitrogen and oxygen atoms in total. The van der Waals surface area contributed by atoms with Crippen molar-refractivity contribution >= 4 is 33.6 Å². The van der Waals surface area contributed by atoms with Gasteiger partial charge < -0.3 is 19.5 Å². The zero-order chi connectivity index (χ0) is 24.2. The number of hydrogen-bond acceptors (Lipinski definition) is 6. The van der Waals surface area contributed by atoms with Crippen molar-refractivity contribution in [2.45, 2.75) is 6.18 Å². The number of methoxy groups -OCH3 is 2. The minimum atomic E-state index is -5.04. The van der Waals surface area contributed by atoms with E-state index >= 15 is 0 Å². The quantitative estimate of drug-likeness (QED) is 0.311. The van der Waals surface area contributed by atoms with Gasteiger partial charge in [0.15, 0.2) is 29.0 Å². The van der Waals surface area contributed by atoms with Crippen LogP contribution in [0.3, 0.4) is 0 Å². The average molecular weight is 528 g/mol. The van der Waals surface area contributed by atoms with E-state index in [1.54, 1.807) is 0 Å². The molecular formula is C19H12BrF6NO5. The number of ether oxygens (including phenoxy) is 3. The maximum absolute atomic E-state index is 14.5. The Balaban J connectivity index is 2.56. The Hall–Kier alpha value is -3.22. The lowest BCUT2D eigenvalue weighted by Gasteiger charge is -2.17. The molecule has 13 heteroatoms. The van der Waals surface area contributed by atoms with Crippen LogP contribution in [0.25, 0.3) is 0 Å². The molecule has 2 aromatic rings. The van der Waals surface area contributed by atoms with Crippen molar-refractivity contribution in [3.8, 4) is 11.5 Å². The van der Waals surface area contributed by atoms with Gasteiger partial charge >= 0.3 is 18.1 Å². The Morgan fingerprint density at radius 2 is 1.50 bits per heavy atom. The molecule has 2 aromatic carbocycles. The van der Waals surface area contributed by atoms with Gasteiger partial charge in [0.05, 0.1) is 31.5 Å². The zero-order valence-corrected chi connectivity index (χ0v) is 17.7. The summed E-state index contributed by atoms with van der Waals surface area (Å²) in [7, 11) is 1.98. The largest absolute Gasteiger partial charge is 0.466 e. The first-order chi connectivity index (χ1) is 14.9. The number of hydrogen-bond donors (Lipinski definition) is 1. The van der Waals surface area contributed by atoms with Crippen molar-refractivity contribution in [3.05, 3.63) is 63.5 Å². The monoisotopic (exact) mass is 527 g/mol. The number of carbonyl (C=O) groups is 2. The summed E-state index contributed by atoms with van der Waals surface area (Å²) in [4.78, 5) is 23.4. The van der Waals surface area contributed by atoms with Gasteiger partial charge in [0.25, 0.3) is 0 Å². The lowest BCUT2D eigenvalue weighted by Crippen LogP contribution is -2.16. The van der Waals surface area contributed by atoms with Crippen LogP contribution in [0.5, 0.6) is 11.5 Å². The fourth-order valence-corrected chi connectivity index (χ4v) is 2.69. The number of carbonyl (C=O) groups excluding carboxylic acids is 2. The van der Waals surface area contributed by atoms with E-state index in [-0.39, 0.29) is 16.6 Å². The predicted octanol–water partition coefficient (Wildman–Crippen LogP) is 5.32. The standard InChI is InChI=1S/C19H12BrF6NO5/c1-30-15(28)7-14(18(29)31-2)27-13-6-9(20)5-12(23)17(13)32-16-10(21)3-8(4-11(16)22)19(24,25)26/h3-7,27H,1-2H3/b14-7+. The molecular weight excluding hydrogens is 516 g/mol. The molecule has 2 rings (SSSR count). The molecule has 0 unspecified atom stereocenters. The Labute approximate surface area is 184 Å². The van der Waals surface area contributed by atoms with Crippen LogP contribution in [-0.2, 0) is 25.2 Å². The first-order valence-electron chi connectivity index (χ1n) is 8.25. The van der Waals surface area contributed by atoms with Crippen LogP contribution in [0.15, 0.2) is 40.5 Å². The number of halogens is 7. The van der Waals surface area contributed by atoms with Gasteiger partial charge in [0.2, 0.25) is 0 Å². The summed E-state index contributed by atoms with van der Waals surface area (Å²) in [5, 5.41) is 2.31. The highest BCUT2D eigenvalue weighted by Gasteiger charge is 2.33. The second kappa shape index (κ2) is 9.94. The van der Waals surface area contributed by atoms with Crippen LogP contribution in [0.2, 0.25) is 0 Å². The van der Waals surface area contributed by atoms with Crippen LogP contribution < -0.4 is 10.1 Å². The predicted molar refractivity (Wildman–Crippen MR) is 101 cm³/mol. The highest BCUT2D eigenvalue weighted by Crippen LogP contribution is 2.40. The fourth-order valence-electron chi connectivity index (χ4n) is 2.26. The van der Waals surface area contributed by atoms with E-state index < -0.39 is 64.0 Å². The third kappa shape index (κ3) is 5.93. The highest BCUT2D eigenvalue weighted by molar-refractivity contribution is 9.10. The lowest BCUT2D eigenvalue weighted by molar-refractivity contribution is -0.138. The molecule has 0 bridgehead atoms. The summed E-state index contributed by atoms with van der Waals surface area (Å²) in [6.07, 6.45) is -4.39. The molecule has 172 valence electrons.